The van der Waals surface area contributed by atoms with Gasteiger partial charge in [0.1, 0.15) is 6.04 Å². The number of nitrogens with one attached hydrogen (secondary N) is 2. The number of amides is 1. The Morgan fingerprint density at radius 1 is 1.43 bits per heavy atom. The summed E-state index contributed by atoms with van der Waals surface area (Å²) in [7, 11) is 0. The average molecular weight is 367 g/mol. The van der Waals surface area contributed by atoms with E-state index >= 15 is 0 Å². The normalized spacial score (nSPS) is 22.9. The Labute approximate surface area is 128 Å². The Morgan fingerprint density at radius 2 is 2.14 bits per heavy atom. The number of carbonyl (C=O) groups excluding carboxylic acids is 1. The summed E-state index contributed by atoms with van der Waals surface area (Å²) in [5.41, 5.74) is -0.741. The van der Waals surface area contributed by atoms with Gasteiger partial charge in [-0.2, -0.15) is 13.2 Å². The van der Waals surface area contributed by atoms with Crippen LogP contribution in [0.1, 0.15) is 12.5 Å². The van der Waals surface area contributed by atoms with Crippen LogP contribution in [0.3, 0.4) is 0 Å². The molecule has 1 aliphatic heterocycles. The van der Waals surface area contributed by atoms with Crippen LogP contribution in [-0.2, 0) is 15.7 Å². The molecule has 0 radical (unpaired) electrons. The van der Waals surface area contributed by atoms with Gasteiger partial charge in [0, 0.05) is 16.7 Å². The molecule has 0 bridgehead atoms. The van der Waals surface area contributed by atoms with Crippen molar-refractivity contribution in [3.63, 3.8) is 0 Å². The third-order valence-electron chi connectivity index (χ3n) is 3.09. The molecule has 0 aromatic heterocycles. The van der Waals surface area contributed by atoms with Crippen LogP contribution in [0.25, 0.3) is 0 Å². The summed E-state index contributed by atoms with van der Waals surface area (Å²) in [4.78, 5) is 12.1. The minimum absolute atomic E-state index is 0.0845. The monoisotopic (exact) mass is 366 g/mol. The van der Waals surface area contributed by atoms with Crippen molar-refractivity contribution in [1.29, 1.82) is 0 Å². The van der Waals surface area contributed by atoms with E-state index in [1.165, 1.54) is 6.07 Å². The van der Waals surface area contributed by atoms with Gasteiger partial charge in [0.05, 0.1) is 18.3 Å². The lowest BCUT2D eigenvalue weighted by molar-refractivity contribution is -0.137. The minimum Gasteiger partial charge on any atom is -0.375 e. The number of anilines is 1. The smallest absolute Gasteiger partial charge is 0.375 e. The predicted octanol–water partition coefficient (Wildman–Crippen LogP) is 2.78. The Balaban J connectivity index is 2.15. The topological polar surface area (TPSA) is 50.4 Å². The van der Waals surface area contributed by atoms with Crippen molar-refractivity contribution in [3.8, 4) is 0 Å². The van der Waals surface area contributed by atoms with E-state index < -0.39 is 23.7 Å². The molecule has 0 aliphatic carbocycles. The summed E-state index contributed by atoms with van der Waals surface area (Å²) in [6.07, 6.45) is -4.81. The second-order valence-corrected chi connectivity index (χ2v) is 5.64. The highest BCUT2D eigenvalue weighted by atomic mass is 79.9. The van der Waals surface area contributed by atoms with Crippen molar-refractivity contribution in [2.45, 2.75) is 25.2 Å². The van der Waals surface area contributed by atoms with Gasteiger partial charge in [-0.1, -0.05) is 15.9 Å². The van der Waals surface area contributed by atoms with E-state index in [1.807, 2.05) is 0 Å². The molecule has 116 valence electrons. The highest BCUT2D eigenvalue weighted by Gasteiger charge is 2.32. The Hall–Kier alpha value is -1.12. The minimum atomic E-state index is -4.47. The molecule has 1 aliphatic rings. The lowest BCUT2D eigenvalue weighted by Gasteiger charge is -2.29. The van der Waals surface area contributed by atoms with Gasteiger partial charge in [-0.3, -0.25) is 4.79 Å². The van der Waals surface area contributed by atoms with Gasteiger partial charge in [0.2, 0.25) is 5.91 Å². The second kappa shape index (κ2) is 6.33. The lowest BCUT2D eigenvalue weighted by Crippen LogP contribution is -2.53. The number of ether oxygens (including phenoxy) is 1. The van der Waals surface area contributed by atoms with Crippen LogP contribution in [0.2, 0.25) is 0 Å². The van der Waals surface area contributed by atoms with E-state index in [0.29, 0.717) is 13.2 Å². The zero-order valence-electron chi connectivity index (χ0n) is 11.1. The van der Waals surface area contributed by atoms with Crippen molar-refractivity contribution in [1.82, 2.24) is 5.32 Å². The molecule has 0 saturated carbocycles. The summed E-state index contributed by atoms with van der Waals surface area (Å²) in [6.45, 7) is 2.76. The molecular weight excluding hydrogens is 353 g/mol. The number of hydrogen-bond donors (Lipinski definition) is 2. The number of benzene rings is 1. The molecule has 1 saturated heterocycles. The lowest BCUT2D eigenvalue weighted by atomic mass is 10.1. The highest BCUT2D eigenvalue weighted by Crippen LogP contribution is 2.33. The number of alkyl halides is 3. The fourth-order valence-electron chi connectivity index (χ4n) is 2.07. The van der Waals surface area contributed by atoms with Crippen LogP contribution in [0.15, 0.2) is 22.7 Å². The maximum atomic E-state index is 12.7. The number of halogens is 4. The number of hydrogen-bond acceptors (Lipinski definition) is 3. The van der Waals surface area contributed by atoms with E-state index in [9.17, 15) is 18.0 Å². The number of morpholine rings is 1. The zero-order valence-corrected chi connectivity index (χ0v) is 12.7. The van der Waals surface area contributed by atoms with Crippen molar-refractivity contribution >= 4 is 27.5 Å². The van der Waals surface area contributed by atoms with Gasteiger partial charge in [-0.25, -0.2) is 0 Å². The number of rotatable bonds is 2. The molecule has 1 aromatic carbocycles. The van der Waals surface area contributed by atoms with E-state index in [0.717, 1.165) is 12.1 Å². The first-order valence-corrected chi connectivity index (χ1v) is 7.10. The van der Waals surface area contributed by atoms with E-state index in [1.54, 1.807) is 6.92 Å². The van der Waals surface area contributed by atoms with E-state index in [-0.39, 0.29) is 16.3 Å². The molecule has 2 rings (SSSR count). The SMILES string of the molecule is C[C@H]1OCCN[C@@H]1C(=O)Nc1cc(Br)cc(C(F)(F)F)c1. The first-order valence-electron chi connectivity index (χ1n) is 6.31. The molecular formula is C13H14BrF3N2O2. The molecule has 2 N–H and O–H groups in total. The molecule has 4 nitrogen and oxygen atoms in total. The molecule has 8 heteroatoms. The van der Waals surface area contributed by atoms with Crippen molar-refractivity contribution in [2.24, 2.45) is 0 Å². The van der Waals surface area contributed by atoms with Gasteiger partial charge < -0.3 is 15.4 Å². The molecule has 21 heavy (non-hydrogen) atoms. The van der Waals surface area contributed by atoms with Crippen LogP contribution >= 0.6 is 15.9 Å². The van der Waals surface area contributed by atoms with Gasteiger partial charge >= 0.3 is 6.18 Å². The average Bonchev–Trinajstić information content (AvgIpc) is 2.37. The maximum absolute atomic E-state index is 12.7. The van der Waals surface area contributed by atoms with E-state index in [2.05, 4.69) is 26.6 Å². The maximum Gasteiger partial charge on any atom is 0.416 e. The largest absolute Gasteiger partial charge is 0.416 e. The van der Waals surface area contributed by atoms with Crippen LogP contribution < -0.4 is 10.6 Å². The quantitative estimate of drug-likeness (QED) is 0.845. The number of carbonyl (C=O) groups is 1. The van der Waals surface area contributed by atoms with Crippen molar-refractivity contribution in [2.75, 3.05) is 18.5 Å². The zero-order chi connectivity index (χ0) is 15.6. The Bertz CT molecular complexity index is 537. The van der Waals surface area contributed by atoms with Crippen LogP contribution in [-0.4, -0.2) is 31.2 Å². The summed E-state index contributed by atoms with van der Waals surface area (Å²) in [5.74, 6) is -0.423. The van der Waals surface area contributed by atoms with Crippen molar-refractivity contribution in [3.05, 3.63) is 28.2 Å². The standard InChI is InChI=1S/C13H14BrF3N2O2/c1-7-11(18-2-3-21-7)12(20)19-10-5-8(13(15,16)17)4-9(14)6-10/h4-7,11,18H,2-3H2,1H3,(H,19,20)/t7-,11+/m1/s1. The summed E-state index contributed by atoms with van der Waals surface area (Å²) >= 11 is 3.01. The fourth-order valence-corrected chi connectivity index (χ4v) is 2.57. The molecule has 1 fully saturated rings. The Morgan fingerprint density at radius 3 is 2.76 bits per heavy atom. The van der Waals surface area contributed by atoms with Gasteiger partial charge in [0.15, 0.2) is 0 Å². The molecule has 0 unspecified atom stereocenters. The molecule has 1 aromatic rings. The van der Waals surface area contributed by atoms with Crippen molar-refractivity contribution < 1.29 is 22.7 Å². The third kappa shape index (κ3) is 4.18. The summed E-state index contributed by atoms with van der Waals surface area (Å²) < 4.78 is 43.8. The van der Waals surface area contributed by atoms with Gasteiger partial charge in [0.25, 0.3) is 0 Å². The molecule has 2 atom stereocenters. The molecule has 1 amide bonds. The Kier molecular flexibility index (Phi) is 4.90. The summed E-state index contributed by atoms with van der Waals surface area (Å²) in [5, 5.41) is 5.46. The molecule has 1 heterocycles. The summed E-state index contributed by atoms with van der Waals surface area (Å²) in [6, 6.07) is 2.69. The van der Waals surface area contributed by atoms with Gasteiger partial charge in [-0.15, -0.1) is 0 Å². The first kappa shape index (κ1) is 16.3. The van der Waals surface area contributed by atoms with Crippen LogP contribution in [0.4, 0.5) is 18.9 Å². The highest BCUT2D eigenvalue weighted by molar-refractivity contribution is 9.10. The fraction of sp³-hybridized carbons (Fsp3) is 0.462. The third-order valence-corrected chi connectivity index (χ3v) is 3.55. The van der Waals surface area contributed by atoms with Gasteiger partial charge in [-0.05, 0) is 25.1 Å². The molecule has 0 spiro atoms. The van der Waals surface area contributed by atoms with Crippen LogP contribution in [0, 0.1) is 0 Å². The van der Waals surface area contributed by atoms with Crippen LogP contribution in [0.5, 0.6) is 0 Å². The first-order chi connectivity index (χ1) is 9.77. The van der Waals surface area contributed by atoms with E-state index in [4.69, 9.17) is 4.74 Å². The second-order valence-electron chi connectivity index (χ2n) is 4.72. The predicted molar refractivity (Wildman–Crippen MR) is 75.0 cm³/mol.